The van der Waals surface area contributed by atoms with E-state index in [4.69, 9.17) is 11.6 Å². The lowest BCUT2D eigenvalue weighted by Crippen LogP contribution is -2.24. The van der Waals surface area contributed by atoms with E-state index < -0.39 is 0 Å². The van der Waals surface area contributed by atoms with Gasteiger partial charge in [0.25, 0.3) is 0 Å². The SMILES string of the molecule is CC(=O)SC1CC(=O)N(c2nc3cc(Cl)ccc3s2)C1. The molecule has 3 rings (SSSR count). The van der Waals surface area contributed by atoms with Crippen LogP contribution >= 0.6 is 34.7 Å². The fourth-order valence-electron chi connectivity index (χ4n) is 2.18. The lowest BCUT2D eigenvalue weighted by Gasteiger charge is -2.11. The van der Waals surface area contributed by atoms with Gasteiger partial charge in [-0.05, 0) is 18.2 Å². The van der Waals surface area contributed by atoms with Crippen molar-refractivity contribution in [3.05, 3.63) is 23.2 Å². The molecule has 104 valence electrons. The molecule has 0 bridgehead atoms. The van der Waals surface area contributed by atoms with Gasteiger partial charge in [0.2, 0.25) is 5.91 Å². The molecule has 1 aliphatic heterocycles. The number of fused-ring (bicyclic) bond motifs is 1. The summed E-state index contributed by atoms with van der Waals surface area (Å²) >= 11 is 8.64. The zero-order valence-corrected chi connectivity index (χ0v) is 13.0. The van der Waals surface area contributed by atoms with Crippen LogP contribution in [-0.2, 0) is 9.59 Å². The third-order valence-corrected chi connectivity index (χ3v) is 5.27. The maximum Gasteiger partial charge on any atom is 0.230 e. The largest absolute Gasteiger partial charge is 0.288 e. The number of hydrogen-bond acceptors (Lipinski definition) is 5. The zero-order chi connectivity index (χ0) is 14.3. The van der Waals surface area contributed by atoms with Gasteiger partial charge in [-0.25, -0.2) is 4.98 Å². The number of rotatable bonds is 2. The van der Waals surface area contributed by atoms with Crippen molar-refractivity contribution in [3.8, 4) is 0 Å². The maximum atomic E-state index is 12.1. The molecule has 0 saturated carbocycles. The van der Waals surface area contributed by atoms with Gasteiger partial charge in [-0.15, -0.1) is 0 Å². The van der Waals surface area contributed by atoms with E-state index in [1.165, 1.54) is 30.0 Å². The van der Waals surface area contributed by atoms with Crippen molar-refractivity contribution in [1.29, 1.82) is 0 Å². The van der Waals surface area contributed by atoms with Gasteiger partial charge in [-0.2, -0.15) is 0 Å². The van der Waals surface area contributed by atoms with E-state index in [1.54, 1.807) is 11.0 Å². The Balaban J connectivity index is 1.87. The first-order valence-electron chi connectivity index (χ1n) is 6.06. The van der Waals surface area contributed by atoms with Gasteiger partial charge in [-0.1, -0.05) is 34.7 Å². The van der Waals surface area contributed by atoms with E-state index in [0.717, 1.165) is 10.2 Å². The highest BCUT2D eigenvalue weighted by Gasteiger charge is 2.33. The number of thioether (sulfide) groups is 1. The molecule has 4 nitrogen and oxygen atoms in total. The summed E-state index contributed by atoms with van der Waals surface area (Å²) in [5, 5.41) is 1.38. The van der Waals surface area contributed by atoms with Gasteiger partial charge in [0.1, 0.15) is 0 Å². The number of nitrogens with zero attached hydrogens (tertiary/aromatic N) is 2. The third kappa shape index (κ3) is 2.68. The van der Waals surface area contributed by atoms with Crippen LogP contribution in [0.3, 0.4) is 0 Å². The van der Waals surface area contributed by atoms with E-state index in [0.29, 0.717) is 23.1 Å². The Hall–Kier alpha value is -1.11. The number of carbonyl (C=O) groups excluding carboxylic acids is 2. The number of halogens is 1. The van der Waals surface area contributed by atoms with E-state index in [1.807, 2.05) is 12.1 Å². The molecule has 0 aliphatic carbocycles. The van der Waals surface area contributed by atoms with Crippen LogP contribution in [0.25, 0.3) is 10.2 Å². The number of hydrogen-bond donors (Lipinski definition) is 0. The first kappa shape index (κ1) is 13.9. The average Bonchev–Trinajstić information content (AvgIpc) is 2.91. The lowest BCUT2D eigenvalue weighted by atomic mass is 10.3. The van der Waals surface area contributed by atoms with Crippen LogP contribution < -0.4 is 4.90 Å². The molecule has 1 atom stereocenters. The topological polar surface area (TPSA) is 50.3 Å². The fraction of sp³-hybridized carbons (Fsp3) is 0.308. The second-order valence-corrected chi connectivity index (χ2v) is 7.47. The van der Waals surface area contributed by atoms with Crippen molar-refractivity contribution in [3.63, 3.8) is 0 Å². The molecule has 2 heterocycles. The van der Waals surface area contributed by atoms with Gasteiger partial charge in [-0.3, -0.25) is 14.5 Å². The Bertz CT molecular complexity index is 701. The first-order chi connectivity index (χ1) is 9.52. The van der Waals surface area contributed by atoms with Crippen molar-refractivity contribution in [2.75, 3.05) is 11.4 Å². The molecule has 1 aromatic carbocycles. The summed E-state index contributed by atoms with van der Waals surface area (Å²) in [5.74, 6) is 0.0221. The minimum atomic E-state index is 0.0221. The quantitative estimate of drug-likeness (QED) is 0.849. The van der Waals surface area contributed by atoms with Crippen molar-refractivity contribution >= 4 is 61.1 Å². The van der Waals surface area contributed by atoms with E-state index in [2.05, 4.69) is 4.98 Å². The fourth-order valence-corrected chi connectivity index (χ4v) is 4.23. The maximum absolute atomic E-state index is 12.1. The average molecular weight is 327 g/mol. The molecule has 1 aromatic heterocycles. The van der Waals surface area contributed by atoms with Crippen molar-refractivity contribution in [1.82, 2.24) is 4.98 Å². The van der Waals surface area contributed by atoms with Gasteiger partial charge in [0, 0.05) is 30.2 Å². The van der Waals surface area contributed by atoms with Crippen LogP contribution in [0.15, 0.2) is 18.2 Å². The summed E-state index contributed by atoms with van der Waals surface area (Å²) < 4.78 is 1.000. The Morgan fingerprint density at radius 2 is 2.35 bits per heavy atom. The van der Waals surface area contributed by atoms with Crippen LogP contribution in [0, 0.1) is 0 Å². The Morgan fingerprint density at radius 1 is 1.55 bits per heavy atom. The summed E-state index contributed by atoms with van der Waals surface area (Å²) in [4.78, 5) is 29.3. The summed E-state index contributed by atoms with van der Waals surface area (Å²) in [6, 6.07) is 5.51. The number of carbonyl (C=O) groups is 2. The summed E-state index contributed by atoms with van der Waals surface area (Å²) in [6.45, 7) is 2.06. The molecular weight excluding hydrogens is 316 g/mol. The lowest BCUT2D eigenvalue weighted by molar-refractivity contribution is -0.117. The van der Waals surface area contributed by atoms with Crippen LogP contribution in [-0.4, -0.2) is 27.8 Å². The van der Waals surface area contributed by atoms with E-state index in [-0.39, 0.29) is 16.3 Å². The molecule has 1 unspecified atom stereocenters. The van der Waals surface area contributed by atoms with Crippen LogP contribution in [0.4, 0.5) is 5.13 Å². The third-order valence-electron chi connectivity index (χ3n) is 2.99. The molecule has 1 amide bonds. The Labute approximate surface area is 129 Å². The van der Waals surface area contributed by atoms with E-state index in [9.17, 15) is 9.59 Å². The van der Waals surface area contributed by atoms with E-state index >= 15 is 0 Å². The molecule has 20 heavy (non-hydrogen) atoms. The highest BCUT2D eigenvalue weighted by molar-refractivity contribution is 8.14. The Kier molecular flexibility index (Phi) is 3.70. The van der Waals surface area contributed by atoms with Gasteiger partial charge in [0.05, 0.1) is 10.2 Å². The molecule has 1 fully saturated rings. The molecule has 0 radical (unpaired) electrons. The van der Waals surface area contributed by atoms with Crippen LogP contribution in [0.2, 0.25) is 5.02 Å². The molecule has 7 heteroatoms. The molecular formula is C13H11ClN2O2S2. The highest BCUT2D eigenvalue weighted by atomic mass is 35.5. The van der Waals surface area contributed by atoms with Gasteiger partial charge >= 0.3 is 0 Å². The monoisotopic (exact) mass is 326 g/mol. The number of anilines is 1. The predicted octanol–water partition coefficient (Wildman–Crippen LogP) is 3.33. The second kappa shape index (κ2) is 5.35. The summed E-state index contributed by atoms with van der Waals surface area (Å²) in [5.41, 5.74) is 0.799. The molecule has 0 spiro atoms. The number of benzene rings is 1. The Morgan fingerprint density at radius 3 is 3.10 bits per heavy atom. The van der Waals surface area contributed by atoms with Crippen molar-refractivity contribution in [2.24, 2.45) is 0 Å². The minimum absolute atomic E-state index is 0.0221. The normalized spacial score (nSPS) is 19.0. The molecule has 0 N–H and O–H groups in total. The summed E-state index contributed by atoms with van der Waals surface area (Å²) in [6.07, 6.45) is 0.390. The number of amides is 1. The van der Waals surface area contributed by atoms with Crippen molar-refractivity contribution < 1.29 is 9.59 Å². The number of thiazole rings is 1. The second-order valence-electron chi connectivity index (χ2n) is 4.55. The zero-order valence-electron chi connectivity index (χ0n) is 10.6. The predicted molar refractivity (Wildman–Crippen MR) is 83.7 cm³/mol. The standard InChI is InChI=1S/C13H11ClN2O2S2/c1-7(17)19-9-5-12(18)16(6-9)13-15-10-4-8(14)2-3-11(10)20-13/h2-4,9H,5-6H2,1H3. The smallest absolute Gasteiger partial charge is 0.230 e. The van der Waals surface area contributed by atoms with Gasteiger partial charge in [0.15, 0.2) is 10.2 Å². The summed E-state index contributed by atoms with van der Waals surface area (Å²) in [7, 11) is 0. The minimum Gasteiger partial charge on any atom is -0.288 e. The van der Waals surface area contributed by atoms with Gasteiger partial charge < -0.3 is 0 Å². The van der Waals surface area contributed by atoms with Crippen LogP contribution in [0.5, 0.6) is 0 Å². The van der Waals surface area contributed by atoms with Crippen LogP contribution in [0.1, 0.15) is 13.3 Å². The number of aromatic nitrogens is 1. The molecule has 1 aliphatic rings. The molecule has 1 saturated heterocycles. The molecule has 2 aromatic rings. The first-order valence-corrected chi connectivity index (χ1v) is 8.14. The highest BCUT2D eigenvalue weighted by Crippen LogP contribution is 2.34. The van der Waals surface area contributed by atoms with Crippen molar-refractivity contribution in [2.45, 2.75) is 18.6 Å².